The highest BCUT2D eigenvalue weighted by atomic mass is 35.5. The lowest BCUT2D eigenvalue weighted by atomic mass is 10.2. The molecule has 0 radical (unpaired) electrons. The second-order valence-corrected chi connectivity index (χ2v) is 5.70. The van der Waals surface area contributed by atoms with Gasteiger partial charge in [-0.15, -0.1) is 0 Å². The number of carbonyl (C=O) groups is 1. The molecule has 21 heavy (non-hydrogen) atoms. The molecule has 7 heteroatoms. The van der Waals surface area contributed by atoms with Gasteiger partial charge in [0.05, 0.1) is 6.04 Å². The van der Waals surface area contributed by atoms with Gasteiger partial charge in [0.25, 0.3) is 0 Å². The van der Waals surface area contributed by atoms with Crippen LogP contribution in [0.3, 0.4) is 0 Å². The first-order valence-electron chi connectivity index (χ1n) is 7.05. The van der Waals surface area contributed by atoms with Crippen LogP contribution in [0, 0.1) is 6.92 Å². The quantitative estimate of drug-likeness (QED) is 0.942. The van der Waals surface area contributed by atoms with E-state index in [0.29, 0.717) is 23.8 Å². The minimum absolute atomic E-state index is 0.0597. The number of hydrogen-bond donors (Lipinski definition) is 1. The van der Waals surface area contributed by atoms with E-state index >= 15 is 0 Å². The number of carbonyl (C=O) groups excluding carboxylic acids is 1. The fraction of sp³-hybridized carbons (Fsp3) is 0.500. The van der Waals surface area contributed by atoms with Crippen molar-refractivity contribution in [3.8, 4) is 0 Å². The summed E-state index contributed by atoms with van der Waals surface area (Å²) in [5, 5.41) is 3.93. The van der Waals surface area contributed by atoms with E-state index in [-0.39, 0.29) is 11.9 Å². The fourth-order valence-corrected chi connectivity index (χ4v) is 2.89. The number of imidazole rings is 1. The molecule has 6 nitrogen and oxygen atoms in total. The molecule has 2 aromatic rings. The summed E-state index contributed by atoms with van der Waals surface area (Å²) in [7, 11) is 0. The Bertz CT molecular complexity index is 636. The molecule has 1 atom stereocenters. The van der Waals surface area contributed by atoms with E-state index in [1.54, 1.807) is 12.3 Å². The fourth-order valence-electron chi connectivity index (χ4n) is 2.73. The number of nitrogens with one attached hydrogen (secondary N) is 1. The molecule has 2 aromatic heterocycles. The molecule has 1 aliphatic heterocycles. The van der Waals surface area contributed by atoms with Gasteiger partial charge in [0.1, 0.15) is 11.6 Å². The zero-order valence-corrected chi connectivity index (χ0v) is 12.6. The van der Waals surface area contributed by atoms with Crippen LogP contribution < -0.4 is 0 Å². The van der Waals surface area contributed by atoms with Crippen molar-refractivity contribution in [2.24, 2.45) is 0 Å². The second kappa shape index (κ2) is 5.89. The summed E-state index contributed by atoms with van der Waals surface area (Å²) < 4.78 is 5.02. The van der Waals surface area contributed by atoms with Gasteiger partial charge >= 0.3 is 0 Å². The second-order valence-electron chi connectivity index (χ2n) is 5.31. The Morgan fingerprint density at radius 3 is 3.14 bits per heavy atom. The number of rotatable bonds is 4. The van der Waals surface area contributed by atoms with Crippen molar-refractivity contribution in [1.82, 2.24) is 20.0 Å². The molecule has 0 aromatic carbocycles. The third kappa shape index (κ3) is 3.10. The van der Waals surface area contributed by atoms with Crippen LogP contribution >= 0.6 is 11.6 Å². The molecular weight excluding hydrogens is 292 g/mol. The Hall–Kier alpha value is -1.82. The Morgan fingerprint density at radius 2 is 2.48 bits per heavy atom. The molecule has 1 unspecified atom stereocenters. The largest absolute Gasteiger partial charge is 0.360 e. The Labute approximate surface area is 127 Å². The van der Waals surface area contributed by atoms with Crippen LogP contribution in [0.2, 0.25) is 5.15 Å². The zero-order valence-electron chi connectivity index (χ0n) is 11.8. The van der Waals surface area contributed by atoms with E-state index in [1.165, 1.54) is 0 Å². The maximum Gasteiger partial charge on any atom is 0.223 e. The van der Waals surface area contributed by atoms with E-state index in [9.17, 15) is 4.79 Å². The van der Waals surface area contributed by atoms with Crippen molar-refractivity contribution in [2.75, 3.05) is 6.54 Å². The van der Waals surface area contributed by atoms with Crippen molar-refractivity contribution in [1.29, 1.82) is 0 Å². The molecule has 1 amide bonds. The maximum atomic E-state index is 12.4. The number of H-pyrrole nitrogens is 1. The molecule has 0 spiro atoms. The zero-order chi connectivity index (χ0) is 14.8. The molecule has 0 saturated carbocycles. The predicted octanol–water partition coefficient (Wildman–Crippen LogP) is 2.66. The molecule has 1 saturated heterocycles. The third-order valence-electron chi connectivity index (χ3n) is 3.73. The van der Waals surface area contributed by atoms with Crippen LogP contribution in [-0.4, -0.2) is 32.5 Å². The van der Waals surface area contributed by atoms with Gasteiger partial charge in [0.15, 0.2) is 5.15 Å². The van der Waals surface area contributed by atoms with Gasteiger partial charge in [0, 0.05) is 37.3 Å². The van der Waals surface area contributed by atoms with Crippen LogP contribution in [0.5, 0.6) is 0 Å². The maximum absolute atomic E-state index is 12.4. The molecule has 112 valence electrons. The summed E-state index contributed by atoms with van der Waals surface area (Å²) in [5.41, 5.74) is 1.01. The van der Waals surface area contributed by atoms with Crippen LogP contribution in [-0.2, 0) is 11.2 Å². The minimum atomic E-state index is 0.0597. The van der Waals surface area contributed by atoms with Crippen molar-refractivity contribution in [3.05, 3.63) is 34.7 Å². The summed E-state index contributed by atoms with van der Waals surface area (Å²) in [5.74, 6) is 1.62. The average molecular weight is 309 g/mol. The number of likely N-dealkylation sites (tertiary alicyclic amines) is 1. The highest BCUT2D eigenvalue weighted by Crippen LogP contribution is 2.30. The van der Waals surface area contributed by atoms with Gasteiger partial charge in [-0.1, -0.05) is 16.8 Å². The first-order chi connectivity index (χ1) is 10.1. The highest BCUT2D eigenvalue weighted by Gasteiger charge is 2.31. The first kappa shape index (κ1) is 14.1. The normalized spacial score (nSPS) is 18.4. The Kier molecular flexibility index (Phi) is 3.96. The SMILES string of the molecule is Cc1cnc(C2CCCN2C(=O)CCc2cc(Cl)no2)[nH]1. The van der Waals surface area contributed by atoms with Crippen molar-refractivity contribution < 1.29 is 9.32 Å². The van der Waals surface area contributed by atoms with Gasteiger partial charge in [-0.25, -0.2) is 4.98 Å². The van der Waals surface area contributed by atoms with E-state index < -0.39 is 0 Å². The standard InChI is InChI=1S/C14H17ClN4O2/c1-9-8-16-14(17-9)11-3-2-6-19(11)13(20)5-4-10-7-12(15)18-21-10/h7-8,11H,2-6H2,1H3,(H,16,17). The van der Waals surface area contributed by atoms with Gasteiger partial charge < -0.3 is 14.4 Å². The molecular formula is C14H17ClN4O2. The molecule has 0 bridgehead atoms. The lowest BCUT2D eigenvalue weighted by molar-refractivity contribution is -0.132. The van der Waals surface area contributed by atoms with Crippen molar-refractivity contribution in [2.45, 2.75) is 38.6 Å². The smallest absolute Gasteiger partial charge is 0.223 e. The Balaban J connectivity index is 1.63. The lowest BCUT2D eigenvalue weighted by Gasteiger charge is -2.23. The number of aryl methyl sites for hydroxylation is 2. The Morgan fingerprint density at radius 1 is 1.62 bits per heavy atom. The molecule has 3 heterocycles. The van der Waals surface area contributed by atoms with Crippen LogP contribution in [0.1, 0.15) is 42.6 Å². The summed E-state index contributed by atoms with van der Waals surface area (Å²) in [4.78, 5) is 21.9. The van der Waals surface area contributed by atoms with Crippen molar-refractivity contribution >= 4 is 17.5 Å². The molecule has 1 aliphatic rings. The van der Waals surface area contributed by atoms with Gasteiger partial charge in [-0.3, -0.25) is 4.79 Å². The highest BCUT2D eigenvalue weighted by molar-refractivity contribution is 6.29. The number of hydrogen-bond acceptors (Lipinski definition) is 4. The van der Waals surface area contributed by atoms with E-state index in [2.05, 4.69) is 15.1 Å². The number of aromatic nitrogens is 3. The van der Waals surface area contributed by atoms with E-state index in [0.717, 1.165) is 30.9 Å². The predicted molar refractivity (Wildman–Crippen MR) is 76.8 cm³/mol. The summed E-state index contributed by atoms with van der Waals surface area (Å²) in [6.45, 7) is 2.74. The topological polar surface area (TPSA) is 75.0 Å². The van der Waals surface area contributed by atoms with Crippen molar-refractivity contribution in [3.63, 3.8) is 0 Å². The number of halogens is 1. The number of amides is 1. The average Bonchev–Trinajstić information content (AvgIpc) is 3.16. The van der Waals surface area contributed by atoms with Crippen LogP contribution in [0.25, 0.3) is 0 Å². The lowest BCUT2D eigenvalue weighted by Crippen LogP contribution is -2.31. The molecule has 1 N–H and O–H groups in total. The van der Waals surface area contributed by atoms with E-state index in [4.69, 9.17) is 16.1 Å². The van der Waals surface area contributed by atoms with Gasteiger partial charge in [-0.2, -0.15) is 0 Å². The van der Waals surface area contributed by atoms with E-state index in [1.807, 2.05) is 11.8 Å². The third-order valence-corrected chi connectivity index (χ3v) is 3.90. The number of aromatic amines is 1. The summed E-state index contributed by atoms with van der Waals surface area (Å²) in [6, 6.07) is 1.70. The molecule has 3 rings (SSSR count). The number of nitrogens with zero attached hydrogens (tertiary/aromatic N) is 3. The van der Waals surface area contributed by atoms with Crippen LogP contribution in [0.15, 0.2) is 16.8 Å². The van der Waals surface area contributed by atoms with Gasteiger partial charge in [0.2, 0.25) is 5.91 Å². The monoisotopic (exact) mass is 308 g/mol. The minimum Gasteiger partial charge on any atom is -0.360 e. The first-order valence-corrected chi connectivity index (χ1v) is 7.43. The molecule has 0 aliphatic carbocycles. The van der Waals surface area contributed by atoms with Crippen LogP contribution in [0.4, 0.5) is 0 Å². The summed E-state index contributed by atoms with van der Waals surface area (Å²) in [6.07, 6.45) is 4.66. The summed E-state index contributed by atoms with van der Waals surface area (Å²) >= 11 is 5.70. The van der Waals surface area contributed by atoms with Gasteiger partial charge in [-0.05, 0) is 19.8 Å². The molecule has 1 fully saturated rings.